The molecule has 1 saturated heterocycles. The fourth-order valence-electron chi connectivity index (χ4n) is 3.89. The highest BCUT2D eigenvalue weighted by atomic mass is 35.5. The number of aryl methyl sites for hydroxylation is 1. The third kappa shape index (κ3) is 5.11. The largest absolute Gasteiger partial charge is 0.493 e. The van der Waals surface area contributed by atoms with Crippen LogP contribution in [0.3, 0.4) is 0 Å². The van der Waals surface area contributed by atoms with Crippen LogP contribution in [0, 0.1) is 18.2 Å². The minimum atomic E-state index is -3.87. The molecule has 3 rings (SSSR count). The SMILES string of the molecule is Cc1cc(F)ccc1S(=O)(=O)N1CCCC(COc2cccc(Cl)c2)(CC(N)=O)C1. The minimum absolute atomic E-state index is 0.0119. The number of amides is 1. The molecule has 30 heavy (non-hydrogen) atoms. The highest BCUT2D eigenvalue weighted by molar-refractivity contribution is 7.89. The van der Waals surface area contributed by atoms with Crippen molar-refractivity contribution < 1.29 is 22.3 Å². The van der Waals surface area contributed by atoms with Crippen molar-refractivity contribution in [3.05, 3.63) is 58.9 Å². The van der Waals surface area contributed by atoms with Crippen LogP contribution in [-0.2, 0) is 14.8 Å². The first kappa shape index (κ1) is 22.5. The van der Waals surface area contributed by atoms with Gasteiger partial charge in [0.1, 0.15) is 11.6 Å². The van der Waals surface area contributed by atoms with Crippen molar-refractivity contribution in [1.82, 2.24) is 4.31 Å². The highest BCUT2D eigenvalue weighted by Gasteiger charge is 2.42. The number of nitrogens with two attached hydrogens (primary N) is 1. The van der Waals surface area contributed by atoms with Crippen molar-refractivity contribution in [2.75, 3.05) is 19.7 Å². The van der Waals surface area contributed by atoms with Crippen molar-refractivity contribution in [3.8, 4) is 5.75 Å². The summed E-state index contributed by atoms with van der Waals surface area (Å²) in [6.07, 6.45) is 1.12. The summed E-state index contributed by atoms with van der Waals surface area (Å²) in [6, 6.07) is 10.4. The summed E-state index contributed by atoms with van der Waals surface area (Å²) in [6.45, 7) is 2.05. The molecule has 1 aliphatic rings. The third-order valence-corrected chi connectivity index (χ3v) is 7.51. The zero-order valence-electron chi connectivity index (χ0n) is 16.6. The van der Waals surface area contributed by atoms with Gasteiger partial charge in [0.05, 0.1) is 11.5 Å². The number of sulfonamides is 1. The van der Waals surface area contributed by atoms with E-state index in [1.165, 1.54) is 16.4 Å². The number of primary amides is 1. The number of carbonyl (C=O) groups is 1. The molecule has 1 unspecified atom stereocenters. The summed E-state index contributed by atoms with van der Waals surface area (Å²) in [4.78, 5) is 11.8. The summed E-state index contributed by atoms with van der Waals surface area (Å²) < 4.78 is 47.1. The molecule has 0 aromatic heterocycles. The molecule has 1 amide bonds. The van der Waals surface area contributed by atoms with E-state index in [4.69, 9.17) is 22.1 Å². The first-order valence-electron chi connectivity index (χ1n) is 9.54. The Bertz CT molecular complexity index is 1050. The molecule has 6 nitrogen and oxygen atoms in total. The lowest BCUT2D eigenvalue weighted by Crippen LogP contribution is -2.50. The van der Waals surface area contributed by atoms with E-state index in [-0.39, 0.29) is 24.5 Å². The highest BCUT2D eigenvalue weighted by Crippen LogP contribution is 2.37. The molecule has 1 aliphatic heterocycles. The van der Waals surface area contributed by atoms with Gasteiger partial charge in [0.2, 0.25) is 15.9 Å². The van der Waals surface area contributed by atoms with Crippen LogP contribution in [0.15, 0.2) is 47.4 Å². The molecule has 0 saturated carbocycles. The minimum Gasteiger partial charge on any atom is -0.493 e. The first-order chi connectivity index (χ1) is 14.1. The lowest BCUT2D eigenvalue weighted by molar-refractivity contribution is -0.121. The van der Waals surface area contributed by atoms with E-state index in [2.05, 4.69) is 0 Å². The first-order valence-corrected chi connectivity index (χ1v) is 11.4. The van der Waals surface area contributed by atoms with Crippen molar-refractivity contribution in [3.63, 3.8) is 0 Å². The Kier molecular flexibility index (Phi) is 6.69. The maximum atomic E-state index is 13.4. The Morgan fingerprint density at radius 1 is 1.30 bits per heavy atom. The Balaban J connectivity index is 1.86. The van der Waals surface area contributed by atoms with Gasteiger partial charge >= 0.3 is 0 Å². The Morgan fingerprint density at radius 3 is 2.73 bits per heavy atom. The Morgan fingerprint density at radius 2 is 2.07 bits per heavy atom. The van der Waals surface area contributed by atoms with Gasteiger partial charge in [-0.1, -0.05) is 17.7 Å². The average Bonchev–Trinajstić information content (AvgIpc) is 2.66. The molecule has 2 N–H and O–H groups in total. The van der Waals surface area contributed by atoms with Crippen LogP contribution in [0.5, 0.6) is 5.75 Å². The average molecular weight is 455 g/mol. The molecule has 162 valence electrons. The van der Waals surface area contributed by atoms with Crippen LogP contribution in [-0.4, -0.2) is 38.3 Å². The van der Waals surface area contributed by atoms with Crippen LogP contribution in [0.4, 0.5) is 4.39 Å². The van der Waals surface area contributed by atoms with Crippen LogP contribution in [0.25, 0.3) is 0 Å². The quantitative estimate of drug-likeness (QED) is 0.693. The van der Waals surface area contributed by atoms with Gasteiger partial charge in [-0.25, -0.2) is 12.8 Å². The van der Waals surface area contributed by atoms with Gasteiger partial charge < -0.3 is 10.5 Å². The molecule has 0 aliphatic carbocycles. The standard InChI is InChI=1S/C21H24ClFN2O4S/c1-15-10-17(23)6-7-19(15)30(27,28)25-9-3-8-21(13-25,12-20(24)26)14-29-18-5-2-4-16(22)11-18/h2,4-7,10-11H,3,8-9,12-14H2,1H3,(H2,24,26). The lowest BCUT2D eigenvalue weighted by atomic mass is 9.78. The number of rotatable bonds is 7. The molecule has 1 atom stereocenters. The zero-order chi connectivity index (χ0) is 21.9. The topological polar surface area (TPSA) is 89.7 Å². The lowest BCUT2D eigenvalue weighted by Gasteiger charge is -2.41. The van der Waals surface area contributed by atoms with Gasteiger partial charge in [0.25, 0.3) is 0 Å². The summed E-state index contributed by atoms with van der Waals surface area (Å²) in [5.41, 5.74) is 5.04. The molecule has 0 bridgehead atoms. The van der Waals surface area contributed by atoms with Gasteiger partial charge in [-0.15, -0.1) is 0 Å². The predicted octanol–water partition coefficient (Wildman–Crippen LogP) is 3.51. The number of halogens is 2. The van der Waals surface area contributed by atoms with E-state index in [9.17, 15) is 17.6 Å². The maximum absolute atomic E-state index is 13.4. The number of piperidine rings is 1. The predicted molar refractivity (Wildman–Crippen MR) is 112 cm³/mol. The van der Waals surface area contributed by atoms with E-state index < -0.39 is 27.2 Å². The van der Waals surface area contributed by atoms with E-state index in [0.717, 1.165) is 6.07 Å². The van der Waals surface area contributed by atoms with E-state index in [0.29, 0.717) is 35.7 Å². The van der Waals surface area contributed by atoms with Crippen molar-refractivity contribution in [1.29, 1.82) is 0 Å². The maximum Gasteiger partial charge on any atom is 0.243 e. The number of benzene rings is 2. The van der Waals surface area contributed by atoms with Crippen LogP contribution >= 0.6 is 11.6 Å². The summed E-state index contributed by atoms with van der Waals surface area (Å²) in [7, 11) is -3.87. The second-order valence-corrected chi connectivity index (χ2v) is 10.1. The van der Waals surface area contributed by atoms with E-state index in [1.807, 2.05) is 0 Å². The van der Waals surface area contributed by atoms with Gasteiger partial charge in [-0.3, -0.25) is 4.79 Å². The Labute approximate surface area is 180 Å². The monoisotopic (exact) mass is 454 g/mol. The number of carbonyl (C=O) groups excluding carboxylic acids is 1. The van der Waals surface area contributed by atoms with Gasteiger partial charge in [-0.05, 0) is 61.7 Å². The van der Waals surface area contributed by atoms with Crippen molar-refractivity contribution in [2.45, 2.75) is 31.1 Å². The molecule has 0 radical (unpaired) electrons. The zero-order valence-corrected chi connectivity index (χ0v) is 18.2. The Hall–Kier alpha value is -2.16. The number of nitrogens with zero attached hydrogens (tertiary/aromatic N) is 1. The second-order valence-electron chi connectivity index (χ2n) is 7.74. The fraction of sp³-hybridized carbons (Fsp3) is 0.381. The molecule has 1 fully saturated rings. The molecule has 0 spiro atoms. The molecule has 2 aromatic carbocycles. The van der Waals surface area contributed by atoms with Gasteiger partial charge in [0.15, 0.2) is 0 Å². The summed E-state index contributed by atoms with van der Waals surface area (Å²) in [5, 5.41) is 0.510. The van der Waals surface area contributed by atoms with E-state index >= 15 is 0 Å². The third-order valence-electron chi connectivity index (χ3n) is 5.27. The molecule has 1 heterocycles. The fourth-order valence-corrected chi connectivity index (χ4v) is 5.86. The van der Waals surface area contributed by atoms with Crippen LogP contribution in [0.1, 0.15) is 24.8 Å². The van der Waals surface area contributed by atoms with Gasteiger partial charge in [0, 0.05) is 29.9 Å². The molecule has 9 heteroatoms. The molecular formula is C21H24ClFN2O4S. The molecule has 2 aromatic rings. The van der Waals surface area contributed by atoms with Crippen LogP contribution in [0.2, 0.25) is 5.02 Å². The van der Waals surface area contributed by atoms with Crippen LogP contribution < -0.4 is 10.5 Å². The molecular weight excluding hydrogens is 431 g/mol. The smallest absolute Gasteiger partial charge is 0.243 e. The van der Waals surface area contributed by atoms with E-state index in [1.54, 1.807) is 31.2 Å². The normalized spacial score (nSPS) is 20.1. The second kappa shape index (κ2) is 8.91. The van der Waals surface area contributed by atoms with Crippen molar-refractivity contribution in [2.24, 2.45) is 11.1 Å². The number of hydrogen-bond acceptors (Lipinski definition) is 4. The number of hydrogen-bond donors (Lipinski definition) is 1. The van der Waals surface area contributed by atoms with Crippen molar-refractivity contribution >= 4 is 27.5 Å². The number of ether oxygens (including phenoxy) is 1. The summed E-state index contributed by atoms with van der Waals surface area (Å²) >= 11 is 5.99. The summed E-state index contributed by atoms with van der Waals surface area (Å²) in [5.74, 6) is -0.495. The van der Waals surface area contributed by atoms with Gasteiger partial charge in [-0.2, -0.15) is 4.31 Å².